The number of ether oxygens (including phenoxy) is 1. The number of piperidine rings is 1. The lowest BCUT2D eigenvalue weighted by Gasteiger charge is -2.40. The second kappa shape index (κ2) is 6.64. The molecule has 0 radical (unpaired) electrons. The highest BCUT2D eigenvalue weighted by Gasteiger charge is 2.50. The van der Waals surface area contributed by atoms with Gasteiger partial charge in [0.05, 0.1) is 0 Å². The lowest BCUT2D eigenvalue weighted by molar-refractivity contribution is -0.158. The molecule has 0 aromatic heterocycles. The molecule has 1 saturated heterocycles. The molecule has 4 N–H and O–H groups in total. The quantitative estimate of drug-likeness (QED) is 0.478. The minimum absolute atomic E-state index is 0.208. The van der Waals surface area contributed by atoms with E-state index in [-0.39, 0.29) is 6.54 Å². The molecule has 1 aliphatic heterocycles. The zero-order chi connectivity index (χ0) is 15.5. The summed E-state index contributed by atoms with van der Waals surface area (Å²) in [7, 11) is -3.78. The summed E-state index contributed by atoms with van der Waals surface area (Å²) in [6, 6.07) is -1.83. The predicted octanol–water partition coefficient (Wildman–Crippen LogP) is -0.471. The molecule has 0 spiro atoms. The third-order valence-electron chi connectivity index (χ3n) is 3.28. The van der Waals surface area contributed by atoms with Crippen molar-refractivity contribution in [1.29, 1.82) is 0 Å². The van der Waals surface area contributed by atoms with Crippen LogP contribution in [0.25, 0.3) is 0 Å². The number of methoxy groups -OCH3 is 1. The lowest BCUT2D eigenvalue weighted by atomic mass is 10.0. The molecular formula is C10H18NO8P. The number of aliphatic carboxylic acids is 2. The first-order valence-corrected chi connectivity index (χ1v) is 7.67. The van der Waals surface area contributed by atoms with Crippen molar-refractivity contribution >= 4 is 19.5 Å². The Balaban J connectivity index is 3.17. The van der Waals surface area contributed by atoms with Gasteiger partial charge in [0.15, 0.2) is 5.66 Å². The van der Waals surface area contributed by atoms with Gasteiger partial charge in [-0.2, -0.15) is 0 Å². The van der Waals surface area contributed by atoms with Gasteiger partial charge < -0.3 is 24.7 Å². The van der Waals surface area contributed by atoms with Gasteiger partial charge in [0.2, 0.25) is 0 Å². The third kappa shape index (κ3) is 3.77. The van der Waals surface area contributed by atoms with Crippen LogP contribution in [0, 0.1) is 0 Å². The van der Waals surface area contributed by atoms with Crippen LogP contribution in [0.1, 0.15) is 19.3 Å². The second-order valence-corrected chi connectivity index (χ2v) is 6.31. The normalized spacial score (nSPS) is 24.1. The van der Waals surface area contributed by atoms with Gasteiger partial charge in [0, 0.05) is 13.7 Å². The molecule has 1 rings (SSSR count). The van der Waals surface area contributed by atoms with Crippen LogP contribution < -0.4 is 0 Å². The van der Waals surface area contributed by atoms with Crippen LogP contribution in [0.15, 0.2) is 0 Å². The van der Waals surface area contributed by atoms with E-state index in [4.69, 9.17) is 19.6 Å². The highest BCUT2D eigenvalue weighted by Crippen LogP contribution is 2.45. The molecule has 0 bridgehead atoms. The van der Waals surface area contributed by atoms with E-state index in [1.807, 2.05) is 0 Å². The van der Waals surface area contributed by atoms with Gasteiger partial charge in [-0.3, -0.25) is 19.1 Å². The number of carboxylic acid groups (broad SMARTS) is 2. The first-order valence-electron chi connectivity index (χ1n) is 5.99. The van der Waals surface area contributed by atoms with Gasteiger partial charge in [-0.1, -0.05) is 0 Å². The van der Waals surface area contributed by atoms with Crippen molar-refractivity contribution in [3.05, 3.63) is 0 Å². The maximum Gasteiger partial charge on any atom is 0.342 e. The Bertz CT molecular complexity index is 421. The predicted molar refractivity (Wildman–Crippen MR) is 66.2 cm³/mol. The van der Waals surface area contributed by atoms with E-state index in [0.29, 0.717) is 12.8 Å². The Kier molecular flexibility index (Phi) is 5.67. The van der Waals surface area contributed by atoms with Crippen LogP contribution in [-0.4, -0.2) is 68.4 Å². The van der Waals surface area contributed by atoms with E-state index in [1.165, 1.54) is 12.0 Å². The first-order chi connectivity index (χ1) is 9.20. The van der Waals surface area contributed by atoms with Gasteiger partial charge >= 0.3 is 19.5 Å². The maximum atomic E-state index is 11.3. The largest absolute Gasteiger partial charge is 0.480 e. The van der Waals surface area contributed by atoms with Gasteiger partial charge in [-0.05, 0) is 19.3 Å². The van der Waals surface area contributed by atoms with E-state index in [0.717, 1.165) is 6.42 Å². The average molecular weight is 311 g/mol. The summed E-state index contributed by atoms with van der Waals surface area (Å²) < 4.78 is 16.4. The van der Waals surface area contributed by atoms with Crippen molar-refractivity contribution in [2.45, 2.75) is 37.2 Å². The van der Waals surface area contributed by atoms with Crippen molar-refractivity contribution in [2.24, 2.45) is 0 Å². The van der Waals surface area contributed by atoms with Crippen LogP contribution >= 0.6 is 7.60 Å². The molecule has 1 aliphatic rings. The van der Waals surface area contributed by atoms with E-state index in [2.05, 4.69) is 0 Å². The van der Waals surface area contributed by atoms with E-state index in [1.54, 1.807) is 0 Å². The number of hydrogen-bond donors (Lipinski definition) is 4. The molecule has 20 heavy (non-hydrogen) atoms. The van der Waals surface area contributed by atoms with Crippen LogP contribution in [0.3, 0.4) is 0 Å². The number of rotatable bonds is 6. The van der Waals surface area contributed by atoms with E-state index < -0.39 is 37.5 Å². The fourth-order valence-electron chi connectivity index (χ4n) is 2.42. The highest BCUT2D eigenvalue weighted by atomic mass is 31.2. The Morgan fingerprint density at radius 3 is 2.25 bits per heavy atom. The Labute approximate surface area is 115 Å². The second-order valence-electron chi connectivity index (χ2n) is 4.58. The minimum atomic E-state index is -5.12. The van der Waals surface area contributed by atoms with Gasteiger partial charge in [-0.25, -0.2) is 0 Å². The molecule has 0 aromatic rings. The standard InChI is InChI=1S/C10H18NO8P/c1-19-6-4-2-3-5-11(6)7(9(12)13)8(10(14)15)20(16,17)18/h6-8H,2-5H2,1H3,(H,12,13)(H,14,15)(H2,16,17,18). The zero-order valence-electron chi connectivity index (χ0n) is 10.9. The maximum absolute atomic E-state index is 11.3. The molecule has 116 valence electrons. The van der Waals surface area contributed by atoms with Crippen molar-refractivity contribution < 1.29 is 38.9 Å². The molecule has 3 atom stereocenters. The summed E-state index contributed by atoms with van der Waals surface area (Å²) in [5, 5.41) is 18.2. The summed E-state index contributed by atoms with van der Waals surface area (Å²) in [6.45, 7) is 0.208. The Hall–Kier alpha value is -0.990. The topological polar surface area (TPSA) is 145 Å². The average Bonchev–Trinajstić information content (AvgIpc) is 2.33. The number of carboxylic acids is 2. The number of nitrogens with zero attached hydrogens (tertiary/aromatic N) is 1. The SMILES string of the molecule is COC1CCCCN1C(C(=O)O)C(C(=O)O)P(=O)(O)O. The van der Waals surface area contributed by atoms with E-state index in [9.17, 15) is 19.3 Å². The molecule has 0 aromatic carbocycles. The Morgan fingerprint density at radius 1 is 1.25 bits per heavy atom. The number of carbonyl (C=O) groups is 2. The van der Waals surface area contributed by atoms with Crippen LogP contribution in [0.2, 0.25) is 0 Å². The van der Waals surface area contributed by atoms with Gasteiger partial charge in [-0.15, -0.1) is 0 Å². The summed E-state index contributed by atoms with van der Waals surface area (Å²) >= 11 is 0. The Morgan fingerprint density at radius 2 is 1.85 bits per heavy atom. The number of likely N-dealkylation sites (tertiary alicyclic amines) is 1. The molecule has 0 saturated carbocycles. The summed E-state index contributed by atoms with van der Waals surface area (Å²) in [5.74, 6) is -3.43. The summed E-state index contributed by atoms with van der Waals surface area (Å²) in [5.41, 5.74) is -2.32. The molecule has 10 heteroatoms. The molecule has 9 nitrogen and oxygen atoms in total. The molecule has 0 amide bonds. The molecule has 3 unspecified atom stereocenters. The number of hydrogen-bond acceptors (Lipinski definition) is 5. The fourth-order valence-corrected chi connectivity index (χ4v) is 3.37. The van der Waals surface area contributed by atoms with Crippen molar-refractivity contribution in [2.75, 3.05) is 13.7 Å². The fraction of sp³-hybridized carbons (Fsp3) is 0.800. The zero-order valence-corrected chi connectivity index (χ0v) is 11.8. The molecular weight excluding hydrogens is 293 g/mol. The van der Waals surface area contributed by atoms with Crippen molar-refractivity contribution in [3.63, 3.8) is 0 Å². The molecule has 0 aliphatic carbocycles. The molecule has 1 fully saturated rings. The first kappa shape index (κ1) is 17.1. The summed E-state index contributed by atoms with van der Waals surface area (Å²) in [6.07, 6.45) is 1.19. The third-order valence-corrected chi connectivity index (χ3v) is 4.51. The minimum Gasteiger partial charge on any atom is -0.480 e. The van der Waals surface area contributed by atoms with Crippen molar-refractivity contribution in [1.82, 2.24) is 4.90 Å². The summed E-state index contributed by atoms with van der Waals surface area (Å²) in [4.78, 5) is 42.0. The van der Waals surface area contributed by atoms with Crippen molar-refractivity contribution in [3.8, 4) is 0 Å². The van der Waals surface area contributed by atoms with Gasteiger partial charge in [0.1, 0.15) is 12.3 Å². The van der Waals surface area contributed by atoms with Crippen LogP contribution in [0.4, 0.5) is 0 Å². The van der Waals surface area contributed by atoms with Crippen LogP contribution in [0.5, 0.6) is 0 Å². The van der Waals surface area contributed by atoms with Gasteiger partial charge in [0.25, 0.3) is 0 Å². The lowest BCUT2D eigenvalue weighted by Crippen LogP contribution is -2.57. The smallest absolute Gasteiger partial charge is 0.342 e. The highest BCUT2D eigenvalue weighted by molar-refractivity contribution is 7.53. The monoisotopic (exact) mass is 311 g/mol. The van der Waals surface area contributed by atoms with Crippen LogP contribution in [-0.2, 0) is 18.9 Å². The molecule has 1 heterocycles. The van der Waals surface area contributed by atoms with E-state index >= 15 is 0 Å².